The third kappa shape index (κ3) is 3.76. The van der Waals surface area contributed by atoms with Crippen molar-refractivity contribution in [3.05, 3.63) is 0 Å². The van der Waals surface area contributed by atoms with Gasteiger partial charge in [0.25, 0.3) is 0 Å². The summed E-state index contributed by atoms with van der Waals surface area (Å²) in [6.45, 7) is 9.18. The molecule has 0 saturated carbocycles. The molecule has 0 aromatic rings. The highest BCUT2D eigenvalue weighted by Gasteiger charge is 2.48. The predicted molar refractivity (Wildman–Crippen MR) is 82.9 cm³/mol. The fourth-order valence-electron chi connectivity index (χ4n) is 2.74. The van der Waals surface area contributed by atoms with E-state index in [1.165, 1.54) is 0 Å². The van der Waals surface area contributed by atoms with Gasteiger partial charge in [0.05, 0.1) is 0 Å². The van der Waals surface area contributed by atoms with Crippen molar-refractivity contribution in [2.75, 3.05) is 20.3 Å². The highest BCUT2D eigenvalue weighted by Crippen LogP contribution is 2.28. The average Bonchev–Trinajstić information content (AvgIpc) is 2.49. The Balaban J connectivity index is 2.88. The number of nitrogens with one attached hydrogen (secondary N) is 1. The van der Waals surface area contributed by atoms with E-state index in [-0.39, 0.29) is 23.8 Å². The van der Waals surface area contributed by atoms with Crippen LogP contribution >= 0.6 is 0 Å². The smallest absolute Gasteiger partial charge is 0.246 e. The van der Waals surface area contributed by atoms with Gasteiger partial charge in [0.1, 0.15) is 11.6 Å². The summed E-state index contributed by atoms with van der Waals surface area (Å²) in [5.41, 5.74) is -0.728. The lowest BCUT2D eigenvalue weighted by atomic mass is 9.86. The average molecular weight is 298 g/mol. The molecule has 0 aromatic carbocycles. The van der Waals surface area contributed by atoms with Crippen molar-refractivity contribution in [1.82, 2.24) is 10.2 Å². The van der Waals surface area contributed by atoms with Crippen molar-refractivity contribution >= 4 is 11.8 Å². The Labute approximate surface area is 128 Å². The Morgan fingerprint density at radius 1 is 1.33 bits per heavy atom. The normalized spacial score (nSPS) is 27.7. The largest absolute Gasteiger partial charge is 0.385 e. The standard InChI is InChI=1S/C16H30N2O3/c1-6-12(3)13-14(19)18(10-8-9-11-21-5)16(4,7-2)15(20)17-13/h12-13H,6-11H2,1-5H3,(H,17,20). The molecule has 3 unspecified atom stereocenters. The van der Waals surface area contributed by atoms with Gasteiger partial charge in [-0.1, -0.05) is 27.2 Å². The van der Waals surface area contributed by atoms with Crippen LogP contribution in [-0.2, 0) is 14.3 Å². The third-order valence-electron chi connectivity index (χ3n) is 4.79. The van der Waals surface area contributed by atoms with Crippen molar-refractivity contribution < 1.29 is 14.3 Å². The number of nitrogens with zero attached hydrogens (tertiary/aromatic N) is 1. The number of hydrogen-bond acceptors (Lipinski definition) is 3. The molecule has 3 atom stereocenters. The minimum atomic E-state index is -0.728. The van der Waals surface area contributed by atoms with E-state index < -0.39 is 5.54 Å². The maximum absolute atomic E-state index is 12.8. The van der Waals surface area contributed by atoms with E-state index in [1.54, 1.807) is 12.0 Å². The molecule has 21 heavy (non-hydrogen) atoms. The van der Waals surface area contributed by atoms with Crippen molar-refractivity contribution in [2.45, 2.75) is 65.0 Å². The molecule has 0 aromatic heterocycles. The predicted octanol–water partition coefficient (Wildman–Crippen LogP) is 1.95. The maximum Gasteiger partial charge on any atom is 0.246 e. The third-order valence-corrected chi connectivity index (χ3v) is 4.79. The molecule has 0 spiro atoms. The topological polar surface area (TPSA) is 58.6 Å². The molecule has 1 aliphatic rings. The minimum Gasteiger partial charge on any atom is -0.385 e. The number of methoxy groups -OCH3 is 1. The molecule has 1 N–H and O–H groups in total. The molecular weight excluding hydrogens is 268 g/mol. The second-order valence-electron chi connectivity index (χ2n) is 6.15. The highest BCUT2D eigenvalue weighted by molar-refractivity contribution is 5.99. The Hall–Kier alpha value is -1.10. The zero-order valence-corrected chi connectivity index (χ0v) is 14.1. The summed E-state index contributed by atoms with van der Waals surface area (Å²) in [6.07, 6.45) is 3.25. The van der Waals surface area contributed by atoms with Gasteiger partial charge in [-0.3, -0.25) is 9.59 Å². The Morgan fingerprint density at radius 3 is 2.52 bits per heavy atom. The molecular formula is C16H30N2O3. The van der Waals surface area contributed by atoms with E-state index in [4.69, 9.17) is 4.74 Å². The quantitative estimate of drug-likeness (QED) is 0.697. The van der Waals surface area contributed by atoms with Gasteiger partial charge in [0, 0.05) is 20.3 Å². The highest BCUT2D eigenvalue weighted by atomic mass is 16.5. The molecule has 122 valence electrons. The number of rotatable bonds is 8. The number of ether oxygens (including phenoxy) is 1. The zero-order chi connectivity index (χ0) is 16.0. The number of piperazine rings is 1. The zero-order valence-electron chi connectivity index (χ0n) is 14.1. The van der Waals surface area contributed by atoms with E-state index in [0.29, 0.717) is 19.6 Å². The van der Waals surface area contributed by atoms with Gasteiger partial charge in [-0.05, 0) is 32.1 Å². The Kier molecular flexibility index (Phi) is 6.65. The van der Waals surface area contributed by atoms with Gasteiger partial charge in [0.2, 0.25) is 11.8 Å². The number of carbonyl (C=O) groups excluding carboxylic acids is 2. The van der Waals surface area contributed by atoms with Gasteiger partial charge in [-0.15, -0.1) is 0 Å². The summed E-state index contributed by atoms with van der Waals surface area (Å²) in [6, 6.07) is -0.385. The van der Waals surface area contributed by atoms with Gasteiger partial charge >= 0.3 is 0 Å². The molecule has 1 fully saturated rings. The summed E-state index contributed by atoms with van der Waals surface area (Å²) < 4.78 is 5.05. The van der Waals surface area contributed by atoms with E-state index in [0.717, 1.165) is 19.3 Å². The summed E-state index contributed by atoms with van der Waals surface area (Å²) in [7, 11) is 1.68. The van der Waals surface area contributed by atoms with Crippen LogP contribution in [0.1, 0.15) is 53.4 Å². The van der Waals surface area contributed by atoms with Crippen molar-refractivity contribution in [2.24, 2.45) is 5.92 Å². The molecule has 5 heteroatoms. The molecule has 0 radical (unpaired) electrons. The molecule has 5 nitrogen and oxygen atoms in total. The Morgan fingerprint density at radius 2 is 2.00 bits per heavy atom. The number of carbonyl (C=O) groups is 2. The van der Waals surface area contributed by atoms with E-state index in [2.05, 4.69) is 5.32 Å². The molecule has 1 rings (SSSR count). The summed E-state index contributed by atoms with van der Waals surface area (Å²) in [5.74, 6) is 0.191. The SMILES string of the molecule is CCC(C)C1NC(=O)C(C)(CC)N(CCCCOC)C1=O. The second kappa shape index (κ2) is 7.78. The Bertz CT molecular complexity index is 373. The van der Waals surface area contributed by atoms with Gasteiger partial charge in [-0.25, -0.2) is 0 Å². The number of hydrogen-bond donors (Lipinski definition) is 1. The van der Waals surface area contributed by atoms with Crippen LogP contribution in [0.5, 0.6) is 0 Å². The monoisotopic (exact) mass is 298 g/mol. The first-order valence-corrected chi connectivity index (χ1v) is 8.03. The minimum absolute atomic E-state index is 0.0263. The lowest BCUT2D eigenvalue weighted by Gasteiger charge is -2.47. The van der Waals surface area contributed by atoms with Crippen LogP contribution in [-0.4, -0.2) is 48.6 Å². The van der Waals surface area contributed by atoms with Crippen molar-refractivity contribution in [3.63, 3.8) is 0 Å². The first-order chi connectivity index (χ1) is 9.92. The van der Waals surface area contributed by atoms with Crippen LogP contribution in [0.3, 0.4) is 0 Å². The molecule has 1 aliphatic heterocycles. The number of unbranched alkanes of at least 4 members (excludes halogenated alkanes) is 1. The first kappa shape index (κ1) is 18.0. The van der Waals surface area contributed by atoms with E-state index >= 15 is 0 Å². The van der Waals surface area contributed by atoms with Crippen LogP contribution in [0.2, 0.25) is 0 Å². The molecule has 0 aliphatic carbocycles. The van der Waals surface area contributed by atoms with Crippen LogP contribution in [0.25, 0.3) is 0 Å². The van der Waals surface area contributed by atoms with Crippen LogP contribution in [0, 0.1) is 5.92 Å². The lowest BCUT2D eigenvalue weighted by molar-refractivity contribution is -0.158. The van der Waals surface area contributed by atoms with E-state index in [1.807, 2.05) is 27.7 Å². The summed E-state index contributed by atoms with van der Waals surface area (Å²) in [5, 5.41) is 2.94. The van der Waals surface area contributed by atoms with Crippen LogP contribution < -0.4 is 5.32 Å². The maximum atomic E-state index is 12.8. The lowest BCUT2D eigenvalue weighted by Crippen LogP contribution is -2.70. The summed E-state index contributed by atoms with van der Waals surface area (Å²) >= 11 is 0. The molecule has 0 bridgehead atoms. The van der Waals surface area contributed by atoms with Crippen molar-refractivity contribution in [3.8, 4) is 0 Å². The summed E-state index contributed by atoms with van der Waals surface area (Å²) in [4.78, 5) is 27.1. The fraction of sp³-hybridized carbons (Fsp3) is 0.875. The molecule has 2 amide bonds. The van der Waals surface area contributed by atoms with Gasteiger partial charge < -0.3 is 15.0 Å². The van der Waals surface area contributed by atoms with Crippen molar-refractivity contribution in [1.29, 1.82) is 0 Å². The van der Waals surface area contributed by atoms with Crippen LogP contribution in [0.4, 0.5) is 0 Å². The second-order valence-corrected chi connectivity index (χ2v) is 6.15. The fourth-order valence-corrected chi connectivity index (χ4v) is 2.74. The van der Waals surface area contributed by atoms with E-state index in [9.17, 15) is 9.59 Å². The molecule has 1 heterocycles. The van der Waals surface area contributed by atoms with Crippen LogP contribution in [0.15, 0.2) is 0 Å². The number of amides is 2. The van der Waals surface area contributed by atoms with Gasteiger partial charge in [0.15, 0.2) is 0 Å². The first-order valence-electron chi connectivity index (χ1n) is 8.03. The molecule has 1 saturated heterocycles. The van der Waals surface area contributed by atoms with Gasteiger partial charge in [-0.2, -0.15) is 0 Å².